The second kappa shape index (κ2) is 6.34. The fourth-order valence-corrected chi connectivity index (χ4v) is 2.22. The number of thioether (sulfide) groups is 1. The highest BCUT2D eigenvalue weighted by Crippen LogP contribution is 2.31. The van der Waals surface area contributed by atoms with E-state index < -0.39 is 28.8 Å². The fraction of sp³-hybridized carbons (Fsp3) is 0.273. The maximum Gasteiger partial charge on any atom is 0.318 e. The van der Waals surface area contributed by atoms with Crippen molar-refractivity contribution >= 4 is 23.7 Å². The van der Waals surface area contributed by atoms with E-state index in [-0.39, 0.29) is 11.3 Å². The van der Waals surface area contributed by atoms with E-state index in [9.17, 15) is 18.4 Å². The van der Waals surface area contributed by atoms with Crippen molar-refractivity contribution in [1.82, 2.24) is 5.32 Å². The number of hydrogen-bond donors (Lipinski definition) is 2. The molecule has 3 N–H and O–H groups in total. The lowest BCUT2D eigenvalue weighted by Crippen LogP contribution is -2.36. The fourth-order valence-electron chi connectivity index (χ4n) is 1.36. The van der Waals surface area contributed by atoms with E-state index >= 15 is 0 Å². The highest BCUT2D eigenvalue weighted by atomic mass is 32.2. The number of rotatable bonds is 4. The maximum atomic E-state index is 13.4. The van der Waals surface area contributed by atoms with E-state index in [1.165, 1.54) is 6.07 Å². The topological polar surface area (TPSA) is 72.2 Å². The van der Waals surface area contributed by atoms with Crippen LogP contribution in [0.1, 0.15) is 17.7 Å². The Hall–Kier alpha value is -1.63. The second-order valence-corrected chi connectivity index (χ2v) is 4.83. The summed E-state index contributed by atoms with van der Waals surface area (Å²) in [5.74, 6) is -2.04. The first-order valence-corrected chi connectivity index (χ1v) is 6.11. The number of amides is 3. The van der Waals surface area contributed by atoms with E-state index in [0.29, 0.717) is 0 Å². The van der Waals surface area contributed by atoms with Gasteiger partial charge in [-0.1, -0.05) is 6.07 Å². The first-order chi connectivity index (χ1) is 8.41. The smallest absolute Gasteiger partial charge is 0.318 e. The van der Waals surface area contributed by atoms with Crippen LogP contribution in [-0.2, 0) is 4.79 Å². The third kappa shape index (κ3) is 3.99. The molecule has 3 amide bonds. The van der Waals surface area contributed by atoms with Gasteiger partial charge < -0.3 is 5.73 Å². The monoisotopic (exact) mass is 274 g/mol. The standard InChI is InChI=1S/C11H12F2N2O2S/c1-6(18-5-9(16)15-11(14)17)10-7(12)3-2-4-8(10)13/h2-4,6H,5H2,1H3,(H3,14,15,16,17)/t6-/m0/s1. The van der Waals surface area contributed by atoms with Crippen LogP contribution >= 0.6 is 11.8 Å². The van der Waals surface area contributed by atoms with Crippen LogP contribution in [0, 0.1) is 11.6 Å². The van der Waals surface area contributed by atoms with Crippen molar-refractivity contribution in [3.63, 3.8) is 0 Å². The van der Waals surface area contributed by atoms with E-state index in [2.05, 4.69) is 0 Å². The SMILES string of the molecule is C[C@H](SCC(=O)NC(N)=O)c1c(F)cccc1F. The number of halogens is 2. The van der Waals surface area contributed by atoms with Crippen LogP contribution in [0.15, 0.2) is 18.2 Å². The molecule has 0 radical (unpaired) electrons. The van der Waals surface area contributed by atoms with Gasteiger partial charge in [-0.2, -0.15) is 0 Å². The van der Waals surface area contributed by atoms with Crippen molar-refractivity contribution in [2.45, 2.75) is 12.2 Å². The molecule has 1 rings (SSSR count). The maximum absolute atomic E-state index is 13.4. The Kier molecular flexibility index (Phi) is 5.08. The van der Waals surface area contributed by atoms with E-state index in [0.717, 1.165) is 23.9 Å². The van der Waals surface area contributed by atoms with Gasteiger partial charge >= 0.3 is 6.03 Å². The van der Waals surface area contributed by atoms with Gasteiger partial charge in [0.15, 0.2) is 0 Å². The molecule has 18 heavy (non-hydrogen) atoms. The molecule has 0 spiro atoms. The predicted molar refractivity (Wildman–Crippen MR) is 65.0 cm³/mol. The average molecular weight is 274 g/mol. The molecule has 0 aromatic heterocycles. The summed E-state index contributed by atoms with van der Waals surface area (Å²) in [6.07, 6.45) is 0. The molecule has 0 unspecified atom stereocenters. The van der Waals surface area contributed by atoms with Gasteiger partial charge in [0.05, 0.1) is 5.75 Å². The summed E-state index contributed by atoms with van der Waals surface area (Å²) < 4.78 is 26.8. The molecule has 0 saturated heterocycles. The minimum atomic E-state index is -0.953. The molecule has 98 valence electrons. The van der Waals surface area contributed by atoms with E-state index in [1.54, 1.807) is 6.92 Å². The quantitative estimate of drug-likeness (QED) is 0.881. The van der Waals surface area contributed by atoms with Crippen LogP contribution < -0.4 is 11.1 Å². The van der Waals surface area contributed by atoms with E-state index in [4.69, 9.17) is 5.73 Å². The van der Waals surface area contributed by atoms with Gasteiger partial charge in [-0.25, -0.2) is 13.6 Å². The van der Waals surface area contributed by atoms with Gasteiger partial charge in [-0.3, -0.25) is 10.1 Å². The number of primary amides is 1. The van der Waals surface area contributed by atoms with Crippen LogP contribution in [-0.4, -0.2) is 17.7 Å². The third-order valence-corrected chi connectivity index (χ3v) is 3.30. The summed E-state index contributed by atoms with van der Waals surface area (Å²) in [7, 11) is 0. The molecule has 1 atom stereocenters. The van der Waals surface area contributed by atoms with Crippen molar-refractivity contribution < 1.29 is 18.4 Å². The zero-order chi connectivity index (χ0) is 13.7. The van der Waals surface area contributed by atoms with Gasteiger partial charge in [0.25, 0.3) is 0 Å². The van der Waals surface area contributed by atoms with Crippen molar-refractivity contribution in [1.29, 1.82) is 0 Å². The van der Waals surface area contributed by atoms with E-state index in [1.807, 2.05) is 5.32 Å². The molecule has 0 aliphatic heterocycles. The molecular weight excluding hydrogens is 262 g/mol. The van der Waals surface area contributed by atoms with Crippen molar-refractivity contribution in [2.24, 2.45) is 5.73 Å². The molecule has 4 nitrogen and oxygen atoms in total. The lowest BCUT2D eigenvalue weighted by atomic mass is 10.1. The van der Waals surface area contributed by atoms with Gasteiger partial charge in [0, 0.05) is 10.8 Å². The Morgan fingerprint density at radius 3 is 2.44 bits per heavy atom. The normalized spacial score (nSPS) is 11.9. The number of imide groups is 1. The second-order valence-electron chi connectivity index (χ2n) is 3.50. The van der Waals surface area contributed by atoms with Gasteiger partial charge in [-0.05, 0) is 19.1 Å². The number of carbonyl (C=O) groups is 2. The lowest BCUT2D eigenvalue weighted by Gasteiger charge is -2.12. The minimum Gasteiger partial charge on any atom is -0.351 e. The Bertz CT molecular complexity index is 448. The molecular formula is C11H12F2N2O2S. The summed E-state index contributed by atoms with van der Waals surface area (Å²) in [5, 5.41) is 1.32. The van der Waals surface area contributed by atoms with Gasteiger partial charge in [0.1, 0.15) is 11.6 Å². The third-order valence-electron chi connectivity index (χ3n) is 2.13. The number of hydrogen-bond acceptors (Lipinski definition) is 3. The predicted octanol–water partition coefficient (Wildman–Crippen LogP) is 1.95. The summed E-state index contributed by atoms with van der Waals surface area (Å²) in [5.41, 5.74) is 4.67. The molecule has 1 aromatic carbocycles. The van der Waals surface area contributed by atoms with Crippen molar-refractivity contribution in [2.75, 3.05) is 5.75 Å². The summed E-state index contributed by atoms with van der Waals surface area (Å²) >= 11 is 1.01. The molecule has 7 heteroatoms. The zero-order valence-corrected chi connectivity index (χ0v) is 10.4. The summed E-state index contributed by atoms with van der Waals surface area (Å²) in [6.45, 7) is 1.57. The summed E-state index contributed by atoms with van der Waals surface area (Å²) in [4.78, 5) is 21.5. The van der Waals surface area contributed by atoms with Crippen LogP contribution in [0.25, 0.3) is 0 Å². The average Bonchev–Trinajstić information content (AvgIpc) is 2.25. The Morgan fingerprint density at radius 1 is 1.39 bits per heavy atom. The largest absolute Gasteiger partial charge is 0.351 e. The molecule has 0 aliphatic rings. The first-order valence-electron chi connectivity index (χ1n) is 5.06. The van der Waals surface area contributed by atoms with Gasteiger partial charge in [0.2, 0.25) is 5.91 Å². The first kappa shape index (κ1) is 14.4. The van der Waals surface area contributed by atoms with Gasteiger partial charge in [-0.15, -0.1) is 11.8 Å². The highest BCUT2D eigenvalue weighted by Gasteiger charge is 2.17. The lowest BCUT2D eigenvalue weighted by molar-refractivity contribution is -0.117. The Balaban J connectivity index is 2.63. The minimum absolute atomic E-state index is 0.0885. The number of urea groups is 1. The number of nitrogens with one attached hydrogen (secondary N) is 1. The molecule has 0 saturated carbocycles. The molecule has 0 heterocycles. The molecule has 0 fully saturated rings. The van der Waals surface area contributed by atoms with Crippen molar-refractivity contribution in [3.05, 3.63) is 35.4 Å². The van der Waals surface area contributed by atoms with Crippen LogP contribution in [0.2, 0.25) is 0 Å². The van der Waals surface area contributed by atoms with Crippen LogP contribution in [0.5, 0.6) is 0 Å². The molecule has 1 aromatic rings. The number of carbonyl (C=O) groups excluding carboxylic acids is 2. The van der Waals surface area contributed by atoms with Crippen molar-refractivity contribution in [3.8, 4) is 0 Å². The number of nitrogens with two attached hydrogens (primary N) is 1. The van der Waals surface area contributed by atoms with Crippen LogP contribution in [0.3, 0.4) is 0 Å². The van der Waals surface area contributed by atoms with Crippen LogP contribution in [0.4, 0.5) is 13.6 Å². The summed E-state index contributed by atoms with van der Waals surface area (Å²) in [6, 6.07) is 2.62. The Labute approximate surface area is 107 Å². The molecule has 0 bridgehead atoms. The molecule has 0 aliphatic carbocycles. The Morgan fingerprint density at radius 2 is 1.94 bits per heavy atom. The number of benzene rings is 1. The highest BCUT2D eigenvalue weighted by molar-refractivity contribution is 8.00. The zero-order valence-electron chi connectivity index (χ0n) is 9.57.